The van der Waals surface area contributed by atoms with Gasteiger partial charge < -0.3 is 4.74 Å². The summed E-state index contributed by atoms with van der Waals surface area (Å²) < 4.78 is 6.63. The Labute approximate surface area is 169 Å². The van der Waals surface area contributed by atoms with Gasteiger partial charge in [-0.2, -0.15) is 0 Å². The molecule has 4 nitrogen and oxygen atoms in total. The Hall–Kier alpha value is -3.66. The highest BCUT2D eigenvalue weighted by Crippen LogP contribution is 2.32. The van der Waals surface area contributed by atoms with Gasteiger partial charge in [0.05, 0.1) is 24.1 Å². The molecule has 0 N–H and O–H groups in total. The number of ether oxygens (including phenoxy) is 1. The van der Waals surface area contributed by atoms with Gasteiger partial charge in [0, 0.05) is 11.1 Å². The average molecular weight is 383 g/mol. The van der Waals surface area contributed by atoms with E-state index in [1.807, 2.05) is 84.9 Å². The molecule has 0 unspecified atom stereocenters. The number of fused-ring (bicyclic) bond motifs is 1. The van der Waals surface area contributed by atoms with Crippen LogP contribution in [0.25, 0.3) is 10.9 Å². The average Bonchev–Trinajstić information content (AvgIpc) is 3.06. The van der Waals surface area contributed by atoms with Crippen molar-refractivity contribution in [2.75, 3.05) is 7.11 Å². The second kappa shape index (κ2) is 7.76. The van der Waals surface area contributed by atoms with Crippen LogP contribution in [0, 0.1) is 6.92 Å². The fraction of sp³-hybridized carbons (Fsp3) is 0.120. The van der Waals surface area contributed by atoms with Crippen molar-refractivity contribution in [3.63, 3.8) is 0 Å². The number of methoxy groups -OCH3 is 1. The van der Waals surface area contributed by atoms with Gasteiger partial charge in [-0.3, -0.25) is 9.36 Å². The predicted octanol–water partition coefficient (Wildman–Crippen LogP) is 5.21. The van der Waals surface area contributed by atoms with Crippen molar-refractivity contribution in [2.24, 2.45) is 0 Å². The van der Waals surface area contributed by atoms with Crippen LogP contribution in [-0.2, 0) is 4.74 Å². The van der Waals surface area contributed by atoms with Crippen LogP contribution in [0.3, 0.4) is 0 Å². The lowest BCUT2D eigenvalue weighted by Gasteiger charge is -2.19. The Bertz CT molecular complexity index is 1140. The molecule has 0 bridgehead atoms. The van der Waals surface area contributed by atoms with Crippen molar-refractivity contribution < 1.29 is 14.3 Å². The summed E-state index contributed by atoms with van der Waals surface area (Å²) in [5.74, 6) is -1.04. The number of rotatable bonds is 4. The lowest BCUT2D eigenvalue weighted by molar-refractivity contribution is 0.0602. The van der Waals surface area contributed by atoms with Crippen LogP contribution in [0.1, 0.15) is 37.9 Å². The summed E-state index contributed by atoms with van der Waals surface area (Å²) in [7, 11) is 1.35. The minimum Gasteiger partial charge on any atom is -0.465 e. The van der Waals surface area contributed by atoms with Crippen molar-refractivity contribution in [3.05, 3.63) is 107 Å². The predicted molar refractivity (Wildman–Crippen MR) is 113 cm³/mol. The van der Waals surface area contributed by atoms with E-state index in [2.05, 4.69) is 0 Å². The SMILES string of the molecule is COC(=O)c1c(C)n(C(=O)C(c2ccccc2)c2ccccc2)c2ccccc12. The monoisotopic (exact) mass is 383 g/mol. The van der Waals surface area contributed by atoms with Crippen molar-refractivity contribution in [3.8, 4) is 0 Å². The Morgan fingerprint density at radius 2 is 1.31 bits per heavy atom. The minimum atomic E-state index is -0.489. The van der Waals surface area contributed by atoms with E-state index < -0.39 is 11.9 Å². The number of nitrogens with zero attached hydrogens (tertiary/aromatic N) is 1. The third-order valence-corrected chi connectivity index (χ3v) is 5.23. The Kier molecular flexibility index (Phi) is 5.00. The standard InChI is InChI=1S/C25H21NO3/c1-17-22(25(28)29-2)20-15-9-10-16-21(20)26(17)24(27)23(18-11-5-3-6-12-18)19-13-7-4-8-14-19/h3-16,23H,1-2H3. The number of aromatic nitrogens is 1. The molecule has 0 saturated carbocycles. The zero-order valence-electron chi connectivity index (χ0n) is 16.3. The molecule has 0 aliphatic rings. The molecular weight excluding hydrogens is 362 g/mol. The molecule has 4 heteroatoms. The molecule has 144 valence electrons. The molecule has 0 radical (unpaired) electrons. The van der Waals surface area contributed by atoms with E-state index in [0.29, 0.717) is 22.2 Å². The van der Waals surface area contributed by atoms with Crippen LogP contribution in [0.4, 0.5) is 0 Å². The topological polar surface area (TPSA) is 48.3 Å². The van der Waals surface area contributed by atoms with Gasteiger partial charge in [-0.15, -0.1) is 0 Å². The summed E-state index contributed by atoms with van der Waals surface area (Å²) in [6.45, 7) is 1.79. The summed E-state index contributed by atoms with van der Waals surface area (Å²) in [5, 5.41) is 0.713. The molecule has 4 aromatic rings. The summed E-state index contributed by atoms with van der Waals surface area (Å²) in [6, 6.07) is 26.8. The zero-order valence-corrected chi connectivity index (χ0v) is 16.3. The van der Waals surface area contributed by atoms with Gasteiger partial charge in [-0.25, -0.2) is 4.79 Å². The maximum absolute atomic E-state index is 13.9. The van der Waals surface area contributed by atoms with Crippen molar-refractivity contribution in [1.29, 1.82) is 0 Å². The lowest BCUT2D eigenvalue weighted by atomic mass is 9.90. The summed E-state index contributed by atoms with van der Waals surface area (Å²) in [5.41, 5.74) is 3.52. The van der Waals surface area contributed by atoms with E-state index in [-0.39, 0.29) is 5.91 Å². The summed E-state index contributed by atoms with van der Waals surface area (Å²) in [4.78, 5) is 26.4. The first-order chi connectivity index (χ1) is 14.1. The van der Waals surface area contributed by atoms with Gasteiger partial charge >= 0.3 is 5.97 Å². The highest BCUT2D eigenvalue weighted by atomic mass is 16.5. The Morgan fingerprint density at radius 3 is 1.86 bits per heavy atom. The molecule has 0 aliphatic heterocycles. The van der Waals surface area contributed by atoms with Crippen LogP contribution in [0.5, 0.6) is 0 Å². The van der Waals surface area contributed by atoms with Gasteiger partial charge in [-0.05, 0) is 24.1 Å². The van der Waals surface area contributed by atoms with Crippen LogP contribution in [0.15, 0.2) is 84.9 Å². The Balaban J connectivity index is 1.96. The molecule has 3 aromatic carbocycles. The van der Waals surface area contributed by atoms with Crippen LogP contribution < -0.4 is 0 Å². The number of benzene rings is 3. The van der Waals surface area contributed by atoms with E-state index in [9.17, 15) is 9.59 Å². The van der Waals surface area contributed by atoms with Crippen LogP contribution >= 0.6 is 0 Å². The third kappa shape index (κ3) is 3.23. The first-order valence-electron chi connectivity index (χ1n) is 9.46. The third-order valence-electron chi connectivity index (χ3n) is 5.23. The van der Waals surface area contributed by atoms with E-state index in [1.54, 1.807) is 11.5 Å². The van der Waals surface area contributed by atoms with Gasteiger partial charge in [0.1, 0.15) is 0 Å². The van der Waals surface area contributed by atoms with Gasteiger partial charge in [0.25, 0.3) is 0 Å². The maximum Gasteiger partial charge on any atom is 0.340 e. The second-order valence-electron chi connectivity index (χ2n) is 6.90. The fourth-order valence-electron chi connectivity index (χ4n) is 3.91. The normalized spacial score (nSPS) is 11.0. The molecule has 0 saturated heterocycles. The number of para-hydroxylation sites is 1. The van der Waals surface area contributed by atoms with Gasteiger partial charge in [0.2, 0.25) is 5.91 Å². The van der Waals surface area contributed by atoms with Crippen LogP contribution in [-0.4, -0.2) is 23.6 Å². The molecule has 29 heavy (non-hydrogen) atoms. The molecule has 1 heterocycles. The molecular formula is C25H21NO3. The summed E-state index contributed by atoms with van der Waals surface area (Å²) >= 11 is 0. The summed E-state index contributed by atoms with van der Waals surface area (Å²) in [6.07, 6.45) is 0. The molecule has 0 spiro atoms. The van der Waals surface area contributed by atoms with Crippen molar-refractivity contribution in [2.45, 2.75) is 12.8 Å². The van der Waals surface area contributed by atoms with Crippen molar-refractivity contribution >= 4 is 22.8 Å². The van der Waals surface area contributed by atoms with Crippen molar-refractivity contribution in [1.82, 2.24) is 4.57 Å². The van der Waals surface area contributed by atoms with Gasteiger partial charge in [-0.1, -0.05) is 78.9 Å². The van der Waals surface area contributed by atoms with E-state index >= 15 is 0 Å². The maximum atomic E-state index is 13.9. The lowest BCUT2D eigenvalue weighted by Crippen LogP contribution is -2.22. The van der Waals surface area contributed by atoms with Gasteiger partial charge in [0.15, 0.2) is 0 Å². The quantitative estimate of drug-likeness (QED) is 0.455. The molecule has 1 aromatic heterocycles. The second-order valence-corrected chi connectivity index (χ2v) is 6.90. The first kappa shape index (κ1) is 18.7. The number of carbonyl (C=O) groups is 2. The molecule has 0 aliphatic carbocycles. The number of hydrogen-bond acceptors (Lipinski definition) is 3. The Morgan fingerprint density at radius 1 is 0.793 bits per heavy atom. The fourth-order valence-corrected chi connectivity index (χ4v) is 3.91. The van der Waals surface area contributed by atoms with E-state index in [0.717, 1.165) is 11.1 Å². The highest BCUT2D eigenvalue weighted by molar-refractivity contribution is 6.10. The van der Waals surface area contributed by atoms with E-state index in [1.165, 1.54) is 7.11 Å². The molecule has 0 fully saturated rings. The van der Waals surface area contributed by atoms with E-state index in [4.69, 9.17) is 4.74 Å². The molecule has 4 rings (SSSR count). The smallest absolute Gasteiger partial charge is 0.340 e. The minimum absolute atomic E-state index is 0.105. The number of hydrogen-bond donors (Lipinski definition) is 0. The molecule has 0 atom stereocenters. The number of carbonyl (C=O) groups excluding carboxylic acids is 2. The largest absolute Gasteiger partial charge is 0.465 e. The van der Waals surface area contributed by atoms with Crippen LogP contribution in [0.2, 0.25) is 0 Å². The highest BCUT2D eigenvalue weighted by Gasteiger charge is 2.29. The number of esters is 1. The first-order valence-corrected chi connectivity index (χ1v) is 9.46. The zero-order chi connectivity index (χ0) is 20.4. The molecule has 0 amide bonds.